The molecule has 1 fully saturated rings. The maximum absolute atomic E-state index is 12.7. The highest BCUT2D eigenvalue weighted by molar-refractivity contribution is 8.00. The summed E-state index contributed by atoms with van der Waals surface area (Å²) < 4.78 is 0. The van der Waals surface area contributed by atoms with E-state index in [2.05, 4.69) is 5.32 Å². The minimum absolute atomic E-state index is 0.0910. The van der Waals surface area contributed by atoms with E-state index < -0.39 is 27.1 Å². The summed E-state index contributed by atoms with van der Waals surface area (Å²) >= 11 is 7.57. The molecule has 1 amide bonds. The van der Waals surface area contributed by atoms with Gasteiger partial charge in [0.15, 0.2) is 0 Å². The largest absolute Gasteiger partial charge is 0.348 e. The summed E-state index contributed by atoms with van der Waals surface area (Å²) in [6.07, 6.45) is 3.68. The highest BCUT2D eigenvalue weighted by Crippen LogP contribution is 2.34. The fourth-order valence-electron chi connectivity index (χ4n) is 3.28. The van der Waals surface area contributed by atoms with Gasteiger partial charge in [-0.3, -0.25) is 25.0 Å². The molecular weight excluding hydrogens is 418 g/mol. The smallest absolute Gasteiger partial charge is 0.277 e. The number of nitrogens with one attached hydrogen (secondary N) is 1. The Morgan fingerprint density at radius 3 is 2.17 bits per heavy atom. The van der Waals surface area contributed by atoms with Crippen LogP contribution in [-0.2, 0) is 0 Å². The number of carbonyl (C=O) groups is 1. The Hall–Kier alpha value is -2.65. The van der Waals surface area contributed by atoms with E-state index in [1.807, 2.05) is 24.3 Å². The van der Waals surface area contributed by atoms with Crippen LogP contribution in [0.15, 0.2) is 47.4 Å². The van der Waals surface area contributed by atoms with Crippen LogP contribution >= 0.6 is 23.4 Å². The van der Waals surface area contributed by atoms with Gasteiger partial charge in [0.2, 0.25) is 0 Å². The lowest BCUT2D eigenvalue weighted by molar-refractivity contribution is -0.394. The van der Waals surface area contributed by atoms with Crippen molar-refractivity contribution in [2.45, 2.75) is 41.9 Å². The SMILES string of the molecule is O=C(N[C@@H]1CCCC[C@H]1Sc1ccc(Cl)cc1)c1cc([N+](=O)[O-])cc([N+](=O)[O-])c1. The molecule has 1 aliphatic carbocycles. The normalized spacial score (nSPS) is 18.8. The predicted octanol–water partition coefficient (Wildman–Crippen LogP) is 4.99. The molecule has 1 N–H and O–H groups in total. The number of nitro benzene ring substituents is 2. The molecule has 2 aromatic rings. The third kappa shape index (κ3) is 5.45. The van der Waals surface area contributed by atoms with E-state index in [9.17, 15) is 25.0 Å². The molecule has 2 atom stereocenters. The van der Waals surface area contributed by atoms with Crippen molar-refractivity contribution in [2.75, 3.05) is 0 Å². The molecule has 1 saturated carbocycles. The Kier molecular flexibility index (Phi) is 6.71. The second-order valence-corrected chi connectivity index (χ2v) is 8.48. The summed E-state index contributed by atoms with van der Waals surface area (Å²) in [5, 5.41) is 25.8. The van der Waals surface area contributed by atoms with E-state index in [1.54, 1.807) is 11.8 Å². The second kappa shape index (κ2) is 9.23. The van der Waals surface area contributed by atoms with Crippen LogP contribution in [-0.4, -0.2) is 27.0 Å². The van der Waals surface area contributed by atoms with E-state index in [0.717, 1.165) is 48.8 Å². The number of non-ortho nitro benzene ring substituents is 2. The highest BCUT2D eigenvalue weighted by atomic mass is 35.5. The summed E-state index contributed by atoms with van der Waals surface area (Å²) in [5.74, 6) is -0.551. The predicted molar refractivity (Wildman–Crippen MR) is 111 cm³/mol. The summed E-state index contributed by atoms with van der Waals surface area (Å²) in [5.41, 5.74) is -1.06. The molecule has 0 bridgehead atoms. The molecule has 0 spiro atoms. The van der Waals surface area contributed by atoms with Gasteiger partial charge in [0.25, 0.3) is 17.3 Å². The van der Waals surface area contributed by atoms with Crippen LogP contribution in [0.1, 0.15) is 36.0 Å². The number of nitrogens with zero attached hydrogens (tertiary/aromatic N) is 2. The van der Waals surface area contributed by atoms with Crippen LogP contribution in [0, 0.1) is 20.2 Å². The van der Waals surface area contributed by atoms with Crippen molar-refractivity contribution >= 4 is 40.6 Å². The Labute approximate surface area is 175 Å². The van der Waals surface area contributed by atoms with Crippen molar-refractivity contribution in [3.05, 3.63) is 73.3 Å². The number of halogens is 1. The van der Waals surface area contributed by atoms with Crippen LogP contribution in [0.5, 0.6) is 0 Å². The minimum Gasteiger partial charge on any atom is -0.348 e. The van der Waals surface area contributed by atoms with Gasteiger partial charge in [0.1, 0.15) is 0 Å². The van der Waals surface area contributed by atoms with Crippen LogP contribution in [0.25, 0.3) is 0 Å². The fourth-order valence-corrected chi connectivity index (χ4v) is 4.70. The van der Waals surface area contributed by atoms with E-state index in [4.69, 9.17) is 11.6 Å². The third-order valence-corrected chi connectivity index (χ3v) is 6.37. The Bertz CT molecular complexity index is 906. The van der Waals surface area contributed by atoms with Gasteiger partial charge >= 0.3 is 0 Å². The molecule has 0 unspecified atom stereocenters. The first-order valence-electron chi connectivity index (χ1n) is 9.00. The van der Waals surface area contributed by atoms with E-state index in [0.29, 0.717) is 5.02 Å². The quantitative estimate of drug-likeness (QED) is 0.504. The number of hydrogen-bond donors (Lipinski definition) is 1. The molecule has 10 heteroatoms. The molecule has 29 heavy (non-hydrogen) atoms. The zero-order valence-electron chi connectivity index (χ0n) is 15.2. The topological polar surface area (TPSA) is 115 Å². The molecule has 0 aromatic heterocycles. The minimum atomic E-state index is -0.746. The van der Waals surface area contributed by atoms with E-state index in [1.165, 1.54) is 0 Å². The third-order valence-electron chi connectivity index (χ3n) is 4.71. The zero-order chi connectivity index (χ0) is 21.0. The Morgan fingerprint density at radius 2 is 1.59 bits per heavy atom. The van der Waals surface area contributed by atoms with Crippen LogP contribution in [0.2, 0.25) is 5.02 Å². The highest BCUT2D eigenvalue weighted by Gasteiger charge is 2.29. The van der Waals surface area contributed by atoms with Gasteiger partial charge in [-0.05, 0) is 37.1 Å². The molecular formula is C19H18ClN3O5S. The van der Waals surface area contributed by atoms with Gasteiger partial charge in [-0.25, -0.2) is 0 Å². The Balaban J connectivity index is 1.77. The lowest BCUT2D eigenvalue weighted by Crippen LogP contribution is -2.43. The van der Waals surface area contributed by atoms with Crippen molar-refractivity contribution in [3.63, 3.8) is 0 Å². The lowest BCUT2D eigenvalue weighted by atomic mass is 9.94. The monoisotopic (exact) mass is 435 g/mol. The van der Waals surface area contributed by atoms with Crippen molar-refractivity contribution in [2.24, 2.45) is 0 Å². The van der Waals surface area contributed by atoms with Crippen molar-refractivity contribution in [3.8, 4) is 0 Å². The number of rotatable bonds is 6. The molecule has 2 aromatic carbocycles. The maximum atomic E-state index is 12.7. The van der Waals surface area contributed by atoms with Crippen LogP contribution in [0.4, 0.5) is 11.4 Å². The van der Waals surface area contributed by atoms with Crippen molar-refractivity contribution < 1.29 is 14.6 Å². The standard InChI is InChI=1S/C19H18ClN3O5S/c20-13-5-7-16(8-6-13)29-18-4-2-1-3-17(18)21-19(24)12-9-14(22(25)26)11-15(10-12)23(27)28/h5-11,17-18H,1-4H2,(H,21,24)/t17-,18-/m1/s1. The fraction of sp³-hybridized carbons (Fsp3) is 0.316. The van der Waals surface area contributed by atoms with Crippen LogP contribution in [0.3, 0.4) is 0 Å². The maximum Gasteiger partial charge on any atom is 0.277 e. The first-order chi connectivity index (χ1) is 13.8. The van der Waals surface area contributed by atoms with Gasteiger partial charge < -0.3 is 5.32 Å². The molecule has 8 nitrogen and oxygen atoms in total. The van der Waals surface area contributed by atoms with Gasteiger partial charge in [-0.15, -0.1) is 11.8 Å². The molecule has 0 saturated heterocycles. The summed E-state index contributed by atoms with van der Waals surface area (Å²) in [6.45, 7) is 0. The number of carbonyl (C=O) groups excluding carboxylic acids is 1. The summed E-state index contributed by atoms with van der Waals surface area (Å²) in [4.78, 5) is 34.4. The number of benzene rings is 2. The summed E-state index contributed by atoms with van der Waals surface area (Å²) in [7, 11) is 0. The van der Waals surface area contributed by atoms with Gasteiger partial charge in [-0.2, -0.15) is 0 Å². The molecule has 152 valence electrons. The van der Waals surface area contributed by atoms with Gasteiger partial charge in [0, 0.05) is 33.3 Å². The van der Waals surface area contributed by atoms with Crippen LogP contribution < -0.4 is 5.32 Å². The first-order valence-corrected chi connectivity index (χ1v) is 10.3. The zero-order valence-corrected chi connectivity index (χ0v) is 16.8. The van der Waals surface area contributed by atoms with E-state index in [-0.39, 0.29) is 16.9 Å². The number of hydrogen-bond acceptors (Lipinski definition) is 6. The molecule has 3 rings (SSSR count). The van der Waals surface area contributed by atoms with E-state index >= 15 is 0 Å². The molecule has 0 aliphatic heterocycles. The molecule has 0 radical (unpaired) electrons. The van der Waals surface area contributed by atoms with Crippen molar-refractivity contribution in [1.29, 1.82) is 0 Å². The average molecular weight is 436 g/mol. The number of amides is 1. The Morgan fingerprint density at radius 1 is 1.00 bits per heavy atom. The van der Waals surface area contributed by atoms with Crippen molar-refractivity contribution in [1.82, 2.24) is 5.32 Å². The summed E-state index contributed by atoms with van der Waals surface area (Å²) in [6, 6.07) is 10.3. The lowest BCUT2D eigenvalue weighted by Gasteiger charge is -2.31. The molecule has 0 heterocycles. The second-order valence-electron chi connectivity index (χ2n) is 6.73. The van der Waals surface area contributed by atoms with Gasteiger partial charge in [-0.1, -0.05) is 24.4 Å². The number of thioether (sulfide) groups is 1. The average Bonchev–Trinajstić information content (AvgIpc) is 2.70. The molecule has 1 aliphatic rings. The number of nitro groups is 2. The van der Waals surface area contributed by atoms with Gasteiger partial charge in [0.05, 0.1) is 21.5 Å². The first kappa shape index (κ1) is 21.1.